The smallest absolute Gasteiger partial charge is 0.164 e. The summed E-state index contributed by atoms with van der Waals surface area (Å²) in [6.07, 6.45) is 0. The van der Waals surface area contributed by atoms with Crippen LogP contribution in [0.15, 0.2) is 174 Å². The van der Waals surface area contributed by atoms with Crippen LogP contribution in [0.2, 0.25) is 0 Å². The van der Waals surface area contributed by atoms with E-state index in [4.69, 9.17) is 19.4 Å². The monoisotopic (exact) mass is 669 g/mol. The molecule has 0 fully saturated rings. The Labute approximate surface area is 298 Å². The van der Waals surface area contributed by atoms with Crippen molar-refractivity contribution >= 4 is 43.5 Å². The molecule has 10 rings (SSSR count). The minimum absolute atomic E-state index is 0.315. The van der Waals surface area contributed by atoms with Crippen LogP contribution in [0.5, 0.6) is 0 Å². The number of rotatable bonds is 5. The summed E-state index contributed by atoms with van der Waals surface area (Å²) in [5.41, 5.74) is 8.51. The van der Waals surface area contributed by atoms with Gasteiger partial charge in [-0.2, -0.15) is 0 Å². The molecule has 4 nitrogen and oxygen atoms in total. The Bertz CT molecular complexity index is 2950. The second-order valence-corrected chi connectivity index (χ2v) is 13.0. The highest BCUT2D eigenvalue weighted by Crippen LogP contribution is 2.42. The summed E-state index contributed by atoms with van der Waals surface area (Å²) in [6, 6.07) is 56.6. The summed E-state index contributed by atoms with van der Waals surface area (Å²) in [5.74, 6) is 1.19. The van der Waals surface area contributed by atoms with Crippen LogP contribution in [0.25, 0.3) is 99.9 Å². The Balaban J connectivity index is 1.12. The van der Waals surface area contributed by atoms with Gasteiger partial charge in [0.25, 0.3) is 0 Å². The van der Waals surface area contributed by atoms with Gasteiger partial charge in [0.2, 0.25) is 0 Å². The third-order valence-electron chi connectivity index (χ3n) is 9.77. The van der Waals surface area contributed by atoms with E-state index in [2.05, 4.69) is 97.1 Å². The van der Waals surface area contributed by atoms with E-state index in [-0.39, 0.29) is 5.82 Å². The second-order valence-electron chi connectivity index (χ2n) is 13.0. The van der Waals surface area contributed by atoms with Crippen LogP contribution in [0.4, 0.5) is 4.39 Å². The first-order chi connectivity index (χ1) is 25.6. The highest BCUT2D eigenvalue weighted by Gasteiger charge is 2.19. The van der Waals surface area contributed by atoms with E-state index >= 15 is 0 Å². The number of fused-ring (bicyclic) bond motifs is 6. The van der Waals surface area contributed by atoms with Crippen molar-refractivity contribution in [2.75, 3.05) is 0 Å². The van der Waals surface area contributed by atoms with Gasteiger partial charge in [0, 0.05) is 32.8 Å². The predicted molar refractivity (Wildman–Crippen MR) is 209 cm³/mol. The van der Waals surface area contributed by atoms with Crippen molar-refractivity contribution in [3.8, 4) is 56.4 Å². The summed E-state index contributed by atoms with van der Waals surface area (Å²) in [5, 5.41) is 6.69. The molecule has 0 N–H and O–H groups in total. The zero-order valence-electron chi connectivity index (χ0n) is 27.8. The van der Waals surface area contributed by atoms with Gasteiger partial charge in [-0.15, -0.1) is 0 Å². The molecule has 0 spiro atoms. The average molecular weight is 670 g/mol. The van der Waals surface area contributed by atoms with Crippen LogP contribution in [0, 0.1) is 5.82 Å². The molecule has 0 unspecified atom stereocenters. The van der Waals surface area contributed by atoms with Crippen molar-refractivity contribution in [2.45, 2.75) is 0 Å². The molecule has 0 saturated carbocycles. The van der Waals surface area contributed by atoms with E-state index in [9.17, 15) is 4.39 Å². The van der Waals surface area contributed by atoms with Crippen LogP contribution in [-0.4, -0.2) is 15.0 Å². The molecule has 0 atom stereocenters. The standard InChI is InChI=1S/C47H28FN3O/c48-38-23-20-33(21-24-38)46-49-45(32-9-2-1-3-10-32)50-47(51-46)37-22-25-40-42(28-37)52-44-39-13-7-6-12-36(39)27-41(43(40)44)31-17-14-30(15-18-31)35-19-16-29-8-4-5-11-34(29)26-35/h1-28H. The molecule has 0 aliphatic carbocycles. The van der Waals surface area contributed by atoms with Gasteiger partial charge >= 0.3 is 0 Å². The molecule has 2 heterocycles. The van der Waals surface area contributed by atoms with E-state index in [0.717, 1.165) is 55.0 Å². The molecule has 0 aliphatic heterocycles. The van der Waals surface area contributed by atoms with Crippen molar-refractivity contribution in [2.24, 2.45) is 0 Å². The number of hydrogen-bond donors (Lipinski definition) is 0. The Morgan fingerprint density at radius 3 is 1.73 bits per heavy atom. The minimum Gasteiger partial charge on any atom is -0.455 e. The zero-order valence-corrected chi connectivity index (χ0v) is 27.8. The topological polar surface area (TPSA) is 51.8 Å². The van der Waals surface area contributed by atoms with Gasteiger partial charge in [0.15, 0.2) is 17.5 Å². The Kier molecular flexibility index (Phi) is 6.96. The zero-order chi connectivity index (χ0) is 34.6. The van der Waals surface area contributed by atoms with Gasteiger partial charge in [0.1, 0.15) is 17.0 Å². The maximum Gasteiger partial charge on any atom is 0.164 e. The van der Waals surface area contributed by atoms with Gasteiger partial charge in [-0.05, 0) is 86.9 Å². The minimum atomic E-state index is -0.315. The van der Waals surface area contributed by atoms with Crippen LogP contribution in [-0.2, 0) is 0 Å². The van der Waals surface area contributed by atoms with E-state index in [1.54, 1.807) is 12.1 Å². The van der Waals surface area contributed by atoms with Crippen LogP contribution in [0.3, 0.4) is 0 Å². The molecule has 52 heavy (non-hydrogen) atoms. The molecular formula is C47H28FN3O. The van der Waals surface area contributed by atoms with Crippen molar-refractivity contribution in [3.05, 3.63) is 176 Å². The van der Waals surface area contributed by atoms with Gasteiger partial charge in [0.05, 0.1) is 0 Å². The fourth-order valence-corrected chi connectivity index (χ4v) is 7.14. The lowest BCUT2D eigenvalue weighted by Crippen LogP contribution is -2.00. The summed E-state index contributed by atoms with van der Waals surface area (Å²) in [6.45, 7) is 0. The molecule has 8 aromatic carbocycles. The molecule has 0 saturated heterocycles. The largest absolute Gasteiger partial charge is 0.455 e. The van der Waals surface area contributed by atoms with Crippen LogP contribution < -0.4 is 0 Å². The van der Waals surface area contributed by atoms with E-state index in [1.165, 1.54) is 34.0 Å². The fraction of sp³-hybridized carbons (Fsp3) is 0. The first kappa shape index (κ1) is 29.9. The molecule has 244 valence electrons. The summed E-state index contributed by atoms with van der Waals surface area (Å²) < 4.78 is 20.6. The molecule has 0 aliphatic rings. The van der Waals surface area contributed by atoms with Crippen molar-refractivity contribution < 1.29 is 8.81 Å². The van der Waals surface area contributed by atoms with E-state index < -0.39 is 0 Å². The summed E-state index contributed by atoms with van der Waals surface area (Å²) in [7, 11) is 0. The molecule has 0 amide bonds. The SMILES string of the molecule is Fc1ccc(-c2nc(-c3ccccc3)nc(-c3ccc4c(c3)oc3c5ccccc5cc(-c5ccc(-c6ccc7ccccc7c6)cc5)c43)n2)cc1. The number of nitrogens with zero attached hydrogens (tertiary/aromatic N) is 3. The quantitative estimate of drug-likeness (QED) is 0.183. The molecule has 10 aromatic rings. The number of benzene rings is 8. The highest BCUT2D eigenvalue weighted by atomic mass is 19.1. The third-order valence-corrected chi connectivity index (χ3v) is 9.77. The Hall–Kier alpha value is -6.98. The number of hydrogen-bond acceptors (Lipinski definition) is 4. The van der Waals surface area contributed by atoms with Crippen molar-refractivity contribution in [1.82, 2.24) is 15.0 Å². The van der Waals surface area contributed by atoms with Crippen LogP contribution >= 0.6 is 0 Å². The van der Waals surface area contributed by atoms with Gasteiger partial charge in [-0.3, -0.25) is 0 Å². The number of halogens is 1. The summed E-state index contributed by atoms with van der Waals surface area (Å²) in [4.78, 5) is 14.5. The maximum absolute atomic E-state index is 13.8. The molecule has 5 heteroatoms. The Morgan fingerprint density at radius 1 is 0.385 bits per heavy atom. The van der Waals surface area contributed by atoms with Gasteiger partial charge < -0.3 is 4.42 Å². The highest BCUT2D eigenvalue weighted by molar-refractivity contribution is 6.21. The van der Waals surface area contributed by atoms with Gasteiger partial charge in [-0.1, -0.05) is 121 Å². The lowest BCUT2D eigenvalue weighted by atomic mass is 9.93. The molecule has 0 radical (unpaired) electrons. The fourth-order valence-electron chi connectivity index (χ4n) is 7.14. The molecular weight excluding hydrogens is 642 g/mol. The van der Waals surface area contributed by atoms with Crippen LogP contribution in [0.1, 0.15) is 0 Å². The van der Waals surface area contributed by atoms with E-state index in [1.807, 2.05) is 48.5 Å². The van der Waals surface area contributed by atoms with Crippen molar-refractivity contribution in [3.63, 3.8) is 0 Å². The lowest BCUT2D eigenvalue weighted by molar-refractivity contribution is 0.628. The number of furan rings is 1. The first-order valence-electron chi connectivity index (χ1n) is 17.2. The van der Waals surface area contributed by atoms with E-state index in [0.29, 0.717) is 23.0 Å². The van der Waals surface area contributed by atoms with Gasteiger partial charge in [-0.25, -0.2) is 19.3 Å². The number of aromatic nitrogens is 3. The maximum atomic E-state index is 13.8. The molecule has 0 bridgehead atoms. The predicted octanol–water partition coefficient (Wildman–Crippen LogP) is 12.6. The molecule has 2 aromatic heterocycles. The normalized spacial score (nSPS) is 11.6. The first-order valence-corrected chi connectivity index (χ1v) is 17.2. The average Bonchev–Trinajstić information content (AvgIpc) is 3.60. The third kappa shape index (κ3) is 5.19. The Morgan fingerprint density at radius 2 is 0.962 bits per heavy atom. The summed E-state index contributed by atoms with van der Waals surface area (Å²) >= 11 is 0. The lowest BCUT2D eigenvalue weighted by Gasteiger charge is -2.10. The second kappa shape index (κ2) is 12.1. The van der Waals surface area contributed by atoms with Crippen molar-refractivity contribution in [1.29, 1.82) is 0 Å².